The van der Waals surface area contributed by atoms with Crippen molar-refractivity contribution in [2.75, 3.05) is 23.7 Å². The molecule has 6 nitrogen and oxygen atoms in total. The van der Waals surface area contributed by atoms with Crippen molar-refractivity contribution >= 4 is 17.5 Å². The molecule has 0 saturated carbocycles. The number of aromatic nitrogens is 2. The van der Waals surface area contributed by atoms with Crippen LogP contribution in [0.4, 0.5) is 11.6 Å². The van der Waals surface area contributed by atoms with Crippen LogP contribution >= 0.6 is 0 Å². The first-order valence-corrected chi connectivity index (χ1v) is 6.28. The van der Waals surface area contributed by atoms with E-state index in [0.717, 1.165) is 37.4 Å². The topological polar surface area (TPSA) is 98.1 Å². The summed E-state index contributed by atoms with van der Waals surface area (Å²) in [5.74, 6) is 1.66. The Balaban J connectivity index is 2.20. The number of hydrogen-bond acceptors (Lipinski definition) is 5. The number of primary amides is 1. The van der Waals surface area contributed by atoms with Gasteiger partial charge < -0.3 is 16.4 Å². The lowest BCUT2D eigenvalue weighted by Gasteiger charge is -2.32. The summed E-state index contributed by atoms with van der Waals surface area (Å²) in [6, 6.07) is 1.75. The molecule has 98 valence electrons. The highest BCUT2D eigenvalue weighted by molar-refractivity contribution is 5.77. The second-order valence-corrected chi connectivity index (χ2v) is 4.61. The van der Waals surface area contributed by atoms with Crippen LogP contribution < -0.4 is 16.4 Å². The monoisotopic (exact) mass is 249 g/mol. The first kappa shape index (κ1) is 12.6. The number of nitrogens with zero attached hydrogens (tertiary/aromatic N) is 3. The molecule has 1 aromatic heterocycles. The third-order valence-electron chi connectivity index (χ3n) is 3.24. The van der Waals surface area contributed by atoms with Crippen molar-refractivity contribution in [3.05, 3.63) is 11.9 Å². The summed E-state index contributed by atoms with van der Waals surface area (Å²) in [6.07, 6.45) is 2.54. The van der Waals surface area contributed by atoms with Gasteiger partial charge in [0.1, 0.15) is 17.5 Å². The van der Waals surface area contributed by atoms with Crippen LogP contribution in [0.3, 0.4) is 0 Å². The van der Waals surface area contributed by atoms with Gasteiger partial charge in [-0.05, 0) is 12.8 Å². The van der Waals surface area contributed by atoms with E-state index >= 15 is 0 Å². The highest BCUT2D eigenvalue weighted by atomic mass is 16.1. The summed E-state index contributed by atoms with van der Waals surface area (Å²) in [6.45, 7) is 3.49. The molecule has 1 atom stereocenters. The number of carbonyl (C=O) groups excluding carboxylic acids is 1. The van der Waals surface area contributed by atoms with Gasteiger partial charge in [-0.15, -0.1) is 0 Å². The average molecular weight is 249 g/mol. The average Bonchev–Trinajstić information content (AvgIpc) is 2.38. The van der Waals surface area contributed by atoms with Crippen LogP contribution in [0.15, 0.2) is 6.07 Å². The van der Waals surface area contributed by atoms with E-state index in [2.05, 4.69) is 14.9 Å². The molecule has 0 spiro atoms. The molecule has 0 bridgehead atoms. The molecule has 1 aliphatic rings. The van der Waals surface area contributed by atoms with Gasteiger partial charge in [-0.3, -0.25) is 4.79 Å². The van der Waals surface area contributed by atoms with Crippen LogP contribution in [0, 0.1) is 5.92 Å². The van der Waals surface area contributed by atoms with Gasteiger partial charge in [0, 0.05) is 25.6 Å². The normalized spacial score (nSPS) is 19.8. The maximum atomic E-state index is 11.3. The van der Waals surface area contributed by atoms with Crippen LogP contribution in [0.2, 0.25) is 0 Å². The van der Waals surface area contributed by atoms with Crippen molar-refractivity contribution in [2.24, 2.45) is 11.7 Å². The van der Waals surface area contributed by atoms with E-state index in [9.17, 15) is 4.79 Å². The fraction of sp³-hybridized carbons (Fsp3) is 0.583. The molecule has 2 rings (SSSR count). The molecule has 0 radical (unpaired) electrons. The Hall–Kier alpha value is -1.85. The fourth-order valence-electron chi connectivity index (χ4n) is 2.24. The van der Waals surface area contributed by atoms with E-state index in [0.29, 0.717) is 12.4 Å². The molecule has 4 N–H and O–H groups in total. The lowest BCUT2D eigenvalue weighted by molar-refractivity contribution is -0.122. The molecule has 1 amide bonds. The minimum atomic E-state index is -0.238. The van der Waals surface area contributed by atoms with Gasteiger partial charge in [0.2, 0.25) is 5.91 Å². The third-order valence-corrected chi connectivity index (χ3v) is 3.24. The second kappa shape index (κ2) is 5.20. The highest BCUT2D eigenvalue weighted by Gasteiger charge is 2.25. The van der Waals surface area contributed by atoms with Gasteiger partial charge in [0.05, 0.1) is 5.92 Å². The number of carbonyl (C=O) groups is 1. The molecule has 0 aliphatic carbocycles. The molecule has 0 aromatic carbocycles. The molecule has 1 unspecified atom stereocenters. The van der Waals surface area contributed by atoms with Gasteiger partial charge in [0.15, 0.2) is 0 Å². The summed E-state index contributed by atoms with van der Waals surface area (Å²) < 4.78 is 0. The fourth-order valence-corrected chi connectivity index (χ4v) is 2.24. The third kappa shape index (κ3) is 2.69. The van der Waals surface area contributed by atoms with Crippen molar-refractivity contribution in [1.29, 1.82) is 0 Å². The summed E-state index contributed by atoms with van der Waals surface area (Å²) in [7, 11) is 0. The predicted molar refractivity (Wildman–Crippen MR) is 70.0 cm³/mol. The van der Waals surface area contributed by atoms with Crippen LogP contribution in [-0.2, 0) is 11.2 Å². The largest absolute Gasteiger partial charge is 0.384 e. The quantitative estimate of drug-likeness (QED) is 0.804. The summed E-state index contributed by atoms with van der Waals surface area (Å²) >= 11 is 0. The summed E-state index contributed by atoms with van der Waals surface area (Å²) in [5.41, 5.74) is 11.1. The molecule has 2 heterocycles. The van der Waals surface area contributed by atoms with E-state index in [1.165, 1.54) is 0 Å². The van der Waals surface area contributed by atoms with Crippen LogP contribution in [0.1, 0.15) is 25.6 Å². The Bertz CT molecular complexity index is 448. The number of rotatable bonds is 3. The first-order chi connectivity index (χ1) is 8.60. The van der Waals surface area contributed by atoms with Crippen molar-refractivity contribution < 1.29 is 4.79 Å². The lowest BCUT2D eigenvalue weighted by atomic mass is 9.97. The Kier molecular flexibility index (Phi) is 3.64. The summed E-state index contributed by atoms with van der Waals surface area (Å²) in [4.78, 5) is 21.9. The zero-order chi connectivity index (χ0) is 13.1. The maximum Gasteiger partial charge on any atom is 0.222 e. The Labute approximate surface area is 106 Å². The molecule has 6 heteroatoms. The summed E-state index contributed by atoms with van der Waals surface area (Å²) in [5, 5.41) is 0. The van der Waals surface area contributed by atoms with Crippen LogP contribution in [0.25, 0.3) is 0 Å². The SMILES string of the molecule is CCc1nc(N)cc(N2CCCC(C(N)=O)C2)n1. The van der Waals surface area contributed by atoms with E-state index in [1.807, 2.05) is 6.92 Å². The van der Waals surface area contributed by atoms with Gasteiger partial charge in [-0.1, -0.05) is 6.92 Å². The number of aryl methyl sites for hydroxylation is 1. The molecule has 1 aromatic rings. The van der Waals surface area contributed by atoms with Crippen LogP contribution in [0.5, 0.6) is 0 Å². The Morgan fingerprint density at radius 2 is 2.33 bits per heavy atom. The molecule has 1 aliphatic heterocycles. The highest BCUT2D eigenvalue weighted by Crippen LogP contribution is 2.22. The number of nitrogens with two attached hydrogens (primary N) is 2. The number of hydrogen-bond donors (Lipinski definition) is 2. The Morgan fingerprint density at radius 1 is 1.56 bits per heavy atom. The molecular formula is C12H19N5O. The van der Waals surface area contributed by atoms with Crippen LogP contribution in [-0.4, -0.2) is 29.0 Å². The maximum absolute atomic E-state index is 11.3. The van der Waals surface area contributed by atoms with Gasteiger partial charge in [-0.2, -0.15) is 0 Å². The Morgan fingerprint density at radius 3 is 3.00 bits per heavy atom. The zero-order valence-corrected chi connectivity index (χ0v) is 10.6. The predicted octanol–water partition coefficient (Wildman–Crippen LogP) is 0.323. The smallest absolute Gasteiger partial charge is 0.222 e. The minimum Gasteiger partial charge on any atom is -0.384 e. The van der Waals surface area contributed by atoms with Gasteiger partial charge >= 0.3 is 0 Å². The van der Waals surface area contributed by atoms with Gasteiger partial charge in [0.25, 0.3) is 0 Å². The van der Waals surface area contributed by atoms with E-state index in [-0.39, 0.29) is 11.8 Å². The van der Waals surface area contributed by atoms with E-state index in [1.54, 1.807) is 6.07 Å². The number of nitrogen functional groups attached to an aromatic ring is 1. The van der Waals surface area contributed by atoms with Crippen molar-refractivity contribution in [1.82, 2.24) is 9.97 Å². The molecule has 1 saturated heterocycles. The lowest BCUT2D eigenvalue weighted by Crippen LogP contribution is -2.41. The molecular weight excluding hydrogens is 230 g/mol. The number of piperidine rings is 1. The van der Waals surface area contributed by atoms with E-state index in [4.69, 9.17) is 11.5 Å². The second-order valence-electron chi connectivity index (χ2n) is 4.61. The molecule has 18 heavy (non-hydrogen) atoms. The van der Waals surface area contributed by atoms with Crippen molar-refractivity contribution in [2.45, 2.75) is 26.2 Å². The van der Waals surface area contributed by atoms with Gasteiger partial charge in [-0.25, -0.2) is 9.97 Å². The standard InChI is InChI=1S/C12H19N5O/c1-2-10-15-9(13)6-11(16-10)17-5-3-4-8(7-17)12(14)18/h6,8H,2-5,7H2,1H3,(H2,14,18)(H2,13,15,16). The van der Waals surface area contributed by atoms with E-state index < -0.39 is 0 Å². The molecule has 1 fully saturated rings. The van der Waals surface area contributed by atoms with Crippen molar-refractivity contribution in [3.8, 4) is 0 Å². The minimum absolute atomic E-state index is 0.0972. The zero-order valence-electron chi connectivity index (χ0n) is 10.6. The first-order valence-electron chi connectivity index (χ1n) is 6.28. The number of amides is 1. The van der Waals surface area contributed by atoms with Crippen molar-refractivity contribution in [3.63, 3.8) is 0 Å². The number of anilines is 2.